The van der Waals surface area contributed by atoms with Crippen molar-refractivity contribution >= 4 is 72.6 Å². The minimum absolute atomic E-state index is 0.0120. The largest absolute Gasteiger partial charge is 0.422 e. The molecule has 8 aromatic rings. The van der Waals surface area contributed by atoms with E-state index in [0.717, 1.165) is 37.0 Å². The molecule has 5 fully saturated rings. The molecule has 640 valence electrons. The van der Waals surface area contributed by atoms with E-state index in [1.165, 1.54) is 147 Å². The Balaban J connectivity index is 0.000000156. The van der Waals surface area contributed by atoms with E-state index in [0.29, 0.717) is 37.2 Å². The highest BCUT2D eigenvalue weighted by molar-refractivity contribution is 7.75. The van der Waals surface area contributed by atoms with Crippen molar-refractivity contribution in [3.63, 3.8) is 0 Å². The summed E-state index contributed by atoms with van der Waals surface area (Å²) in [6.07, 6.45) is 4.01. The Morgan fingerprint density at radius 2 is 0.840 bits per heavy atom. The van der Waals surface area contributed by atoms with Gasteiger partial charge in [0.25, 0.3) is 26.3 Å². The van der Waals surface area contributed by atoms with E-state index < -0.39 is 155 Å². The minimum atomic E-state index is -5.31. The number of nitrogens with zero attached hydrogens (tertiary/aromatic N) is 5. The van der Waals surface area contributed by atoms with Crippen LogP contribution in [-0.4, -0.2) is 130 Å². The molecule has 119 heavy (non-hydrogen) atoms. The van der Waals surface area contributed by atoms with Crippen molar-refractivity contribution in [1.29, 1.82) is 0 Å². The van der Waals surface area contributed by atoms with E-state index in [2.05, 4.69) is 26.5 Å². The van der Waals surface area contributed by atoms with Gasteiger partial charge in [-0.05, 0) is 146 Å². The van der Waals surface area contributed by atoms with Crippen LogP contribution >= 0.6 is 60.8 Å². The Morgan fingerprint density at radius 1 is 0.471 bits per heavy atom. The lowest BCUT2D eigenvalue weighted by molar-refractivity contribution is -0.118. The molecule has 4 aromatic heterocycles. The molecule has 5 saturated heterocycles. The van der Waals surface area contributed by atoms with E-state index in [1.807, 2.05) is 6.92 Å². The van der Waals surface area contributed by atoms with Crippen molar-refractivity contribution in [1.82, 2.24) is 24.8 Å². The smallest absolute Gasteiger partial charge is 0.415 e. The zero-order chi connectivity index (χ0) is 86.7. The fourth-order valence-corrected chi connectivity index (χ4v) is 26.7. The summed E-state index contributed by atoms with van der Waals surface area (Å²) in [6, 6.07) is 28.3. The number of carbonyl (C=O) groups is 2. The summed E-state index contributed by atoms with van der Waals surface area (Å²) in [5, 5.41) is 30.4. The van der Waals surface area contributed by atoms with Gasteiger partial charge in [-0.1, -0.05) is 67.1 Å². The topological polar surface area (TPSA) is 570 Å². The first-order chi connectivity index (χ1) is 55.7. The Bertz CT molecular complexity index is 5380. The number of carbonyl (C=O) groups excluding carboxylic acids is 2. The molecule has 10 heterocycles. The van der Waals surface area contributed by atoms with Gasteiger partial charge in [-0.3, -0.25) is 97.4 Å². The monoisotopic (exact) mass is 1820 g/mol. The maximum absolute atomic E-state index is 14.1. The fourth-order valence-electron chi connectivity index (χ4n) is 12.4. The van der Waals surface area contributed by atoms with Gasteiger partial charge in [0, 0.05) is 118 Å². The molecular formula is C71H79F2N5O33P8. The third-order valence-corrected chi connectivity index (χ3v) is 37.2. The van der Waals surface area contributed by atoms with Gasteiger partial charge in [-0.2, -0.15) is 0 Å². The summed E-state index contributed by atoms with van der Waals surface area (Å²) in [6.45, 7) is 9.77. The molecule has 12 N–H and O–H groups in total. The SMILES string of the molecule is C=C1Oc2ccc(C3OP(=O)(O)C(O)(Cc4cccnc4)P(=O)(O)O3)cc2O1.CCCC(=O)Cc1ccc(C)cc1C1OP(=O)(O)C(O)(Cc2cccnc2)P(=O)(O)O1.Cc1cc(F)c(C2OP(=O)(O)C(O)(Cc3cccnc3)P(=O)(O)O2)c(F)c1.O=C(Oc1ccc(C2OP(=O)(O)C(O)(Cc3cccnc3)P(=O)(O)O2)cc1)N1CCCCC1. The van der Waals surface area contributed by atoms with E-state index in [4.69, 9.17) is 50.4 Å². The molecule has 0 radical (unpaired) electrons. The number of hydrogen-bond donors (Lipinski definition) is 12. The van der Waals surface area contributed by atoms with Gasteiger partial charge in [0.2, 0.25) is 25.2 Å². The molecule has 6 aliphatic heterocycles. The summed E-state index contributed by atoms with van der Waals surface area (Å²) >= 11 is 0. The molecule has 38 nitrogen and oxygen atoms in total. The second-order valence-electron chi connectivity index (χ2n) is 27.7. The number of Topliss-reactive ketones (excluding diaryl/α,β-unsaturated/α-hetero) is 1. The first kappa shape index (κ1) is 92.4. The number of pyridine rings is 4. The predicted octanol–water partition coefficient (Wildman–Crippen LogP) is 12.6. The number of aromatic nitrogens is 4. The number of fused-ring (bicyclic) bond motifs is 1. The molecule has 48 heteroatoms. The molecule has 1 amide bonds. The number of halogens is 2. The van der Waals surface area contributed by atoms with Gasteiger partial charge < -0.3 is 78.7 Å². The Kier molecular flexibility index (Phi) is 28.1. The zero-order valence-electron chi connectivity index (χ0n) is 62.7. The van der Waals surface area contributed by atoms with E-state index in [1.54, 1.807) is 30.0 Å². The lowest BCUT2D eigenvalue weighted by atomic mass is 9.98. The summed E-state index contributed by atoms with van der Waals surface area (Å²) in [5.41, 5.74) is 1.75. The lowest BCUT2D eigenvalue weighted by Crippen LogP contribution is -2.38. The highest BCUT2D eigenvalue weighted by Gasteiger charge is 2.71. The van der Waals surface area contributed by atoms with Gasteiger partial charge in [0.05, 0.1) is 5.56 Å². The van der Waals surface area contributed by atoms with E-state index in [9.17, 15) is 114 Å². The maximum atomic E-state index is 14.1. The minimum Gasteiger partial charge on any atom is -0.422 e. The standard InChI is InChI=1S/C20H24N2O9P2.C20H25NO8P2.C16H15NO9P2.C15H15F2NO7P2/c23-19(22-11-2-1-3-12-22)29-17-8-6-16(7-9-17)18-30-32(25,26)20(24,33(27,28)31-18)13-15-5-4-10-21-14-15;1-3-5-17(22)11-16-8-7-14(2)10-18(16)19-28-30(24,25)20(23,31(26,27)29-19)12-15-6-4-9-21-13-15;1-10-23-13-5-4-12(7-14(13)24-10)15-25-27(19,20)16(18,28(21,22)26-15)8-11-3-2-6-17-9-11;1-9-5-11(16)13(12(17)6-9)14-24-26(20,21)15(19,27(22,23)25-14)7-10-3-2-4-18-8-10/h4-10,14,18,24H,1-3,11-13H2,(H,25,26)(H,27,28);4,6-10,13,19,23H,3,5,11-12H2,1-2H3,(H,24,25)(H,26,27);2-7,9,15,18H,1,8H2,(H,19,20)(H,21,22);2-6,8,14,19H,7H2,1H3,(H,20,21)(H,22,23). The van der Waals surface area contributed by atoms with Crippen molar-refractivity contribution in [2.24, 2.45) is 0 Å². The fraction of sp³-hybridized carbons (Fsp3) is 0.324. The average molecular weight is 1820 g/mol. The number of piperidine rings is 1. The number of likely N-dealkylation sites (tertiary alicyclic amines) is 1. The zero-order valence-corrected chi connectivity index (χ0v) is 69.8. The second kappa shape index (κ2) is 36.2. The number of aryl methyl sites for hydroxylation is 2. The van der Waals surface area contributed by atoms with Gasteiger partial charge in [0.15, 0.2) is 11.5 Å². The molecule has 14 rings (SSSR count). The first-order valence-electron chi connectivity index (χ1n) is 35.6. The van der Waals surface area contributed by atoms with Crippen LogP contribution in [0.3, 0.4) is 0 Å². The van der Waals surface area contributed by atoms with Crippen LogP contribution in [0.4, 0.5) is 13.6 Å². The van der Waals surface area contributed by atoms with Crippen LogP contribution in [0.2, 0.25) is 0 Å². The summed E-state index contributed by atoms with van der Waals surface area (Å²) in [4.78, 5) is 124. The molecule has 4 aromatic carbocycles. The number of benzene rings is 4. The van der Waals surface area contributed by atoms with Gasteiger partial charge >= 0.3 is 66.9 Å². The van der Waals surface area contributed by atoms with E-state index >= 15 is 0 Å². The van der Waals surface area contributed by atoms with Crippen LogP contribution in [-0.2, 0) is 110 Å². The Morgan fingerprint density at radius 3 is 1.23 bits per heavy atom. The molecule has 6 aliphatic rings. The molecule has 0 bridgehead atoms. The highest BCUT2D eigenvalue weighted by atomic mass is 31.3. The van der Waals surface area contributed by atoms with Gasteiger partial charge in [0.1, 0.15) is 23.2 Å². The highest BCUT2D eigenvalue weighted by Crippen LogP contribution is 2.83. The summed E-state index contributed by atoms with van der Waals surface area (Å²) in [7, 11) is -41.1. The van der Waals surface area contributed by atoms with Crippen LogP contribution in [0.15, 0.2) is 183 Å². The van der Waals surface area contributed by atoms with Crippen molar-refractivity contribution in [2.75, 3.05) is 13.1 Å². The average Bonchev–Trinajstić information content (AvgIpc) is 1.41. The second-order valence-corrected chi connectivity index (χ2v) is 45.0. The third kappa shape index (κ3) is 20.0. The maximum Gasteiger partial charge on any atom is 0.415 e. The Labute approximate surface area is 676 Å². The van der Waals surface area contributed by atoms with Crippen molar-refractivity contribution in [3.05, 3.63) is 256 Å². The Hall–Kier alpha value is -7.34. The normalized spacial score (nSPS) is 32.7. The molecule has 0 spiro atoms. The number of hydrogen-bond acceptors (Lipinski definition) is 29. The van der Waals surface area contributed by atoms with Crippen molar-refractivity contribution in [3.8, 4) is 17.2 Å². The van der Waals surface area contributed by atoms with Crippen LogP contribution in [0, 0.1) is 25.5 Å². The summed E-state index contributed by atoms with van der Waals surface area (Å²) < 4.78 is 186. The van der Waals surface area contributed by atoms with E-state index in [-0.39, 0.29) is 74.2 Å². The van der Waals surface area contributed by atoms with Crippen LogP contribution in [0.25, 0.3) is 0 Å². The quantitative estimate of drug-likeness (QED) is 0.0377. The number of aliphatic hydroxyl groups is 4. The van der Waals surface area contributed by atoms with Gasteiger partial charge in [-0.25, -0.2) is 13.6 Å². The van der Waals surface area contributed by atoms with Crippen LogP contribution in [0.5, 0.6) is 17.2 Å². The first-order valence-corrected chi connectivity index (χ1v) is 48.2. The third-order valence-electron chi connectivity index (χ3n) is 18.8. The summed E-state index contributed by atoms with van der Waals surface area (Å²) in [5.74, 6) is -1.63. The van der Waals surface area contributed by atoms with Crippen molar-refractivity contribution < 1.29 is 165 Å². The lowest BCUT2D eigenvalue weighted by Gasteiger charge is -2.41. The van der Waals surface area contributed by atoms with Gasteiger partial charge in [-0.15, -0.1) is 0 Å². The van der Waals surface area contributed by atoms with Crippen LogP contribution in [0.1, 0.15) is 125 Å². The predicted molar refractivity (Wildman–Crippen MR) is 410 cm³/mol. The molecule has 8 unspecified atom stereocenters. The molecule has 8 atom stereocenters. The molecular weight excluding hydrogens is 1740 g/mol. The molecule has 0 aliphatic carbocycles. The number of rotatable bonds is 17. The number of ketones is 1. The number of amides is 1. The molecule has 0 saturated carbocycles. The van der Waals surface area contributed by atoms with Crippen LogP contribution < -0.4 is 14.2 Å². The number of ether oxygens (including phenoxy) is 3. The van der Waals surface area contributed by atoms with Crippen molar-refractivity contribution in [2.45, 2.75) is 130 Å².